The van der Waals surface area contributed by atoms with Crippen LogP contribution in [-0.4, -0.2) is 48.1 Å². The molecule has 0 spiro atoms. The van der Waals surface area contributed by atoms with Gasteiger partial charge < -0.3 is 0 Å². The van der Waals surface area contributed by atoms with Crippen molar-refractivity contribution in [2.45, 2.75) is 31.7 Å². The maximum Gasteiger partial charge on any atom is 0.318 e. The van der Waals surface area contributed by atoms with Crippen LogP contribution in [0.1, 0.15) is 37.3 Å². The van der Waals surface area contributed by atoms with Gasteiger partial charge in [0, 0.05) is 16.5 Å². The normalized spacial score (nSPS) is 20.2. The van der Waals surface area contributed by atoms with Gasteiger partial charge in [0.05, 0.1) is 16.8 Å². The Morgan fingerprint density at radius 2 is 1.71 bits per heavy atom. The minimum absolute atomic E-state index is 0.226. The Hall–Kier alpha value is -1.88. The van der Waals surface area contributed by atoms with E-state index >= 15 is 0 Å². The summed E-state index contributed by atoms with van der Waals surface area (Å²) in [6, 6.07) is 11.9. The van der Waals surface area contributed by atoms with Crippen molar-refractivity contribution >= 4 is 62.2 Å². The van der Waals surface area contributed by atoms with Crippen LogP contribution >= 0.6 is 34.8 Å². The van der Waals surface area contributed by atoms with Gasteiger partial charge in [0.25, 0.3) is 0 Å². The molecule has 1 unspecified atom stereocenters. The largest absolute Gasteiger partial charge is 0.318 e. The van der Waals surface area contributed by atoms with E-state index in [9.17, 15) is 17.8 Å². The van der Waals surface area contributed by atoms with Crippen molar-refractivity contribution in [2.75, 3.05) is 24.0 Å². The van der Waals surface area contributed by atoms with Crippen molar-refractivity contribution in [3.05, 3.63) is 63.1 Å². The van der Waals surface area contributed by atoms with Gasteiger partial charge in [-0.05, 0) is 55.2 Å². The molecule has 1 saturated heterocycles. The molecule has 182 valence electrons. The molecule has 0 saturated carbocycles. The van der Waals surface area contributed by atoms with Gasteiger partial charge in [0.2, 0.25) is 5.88 Å². The summed E-state index contributed by atoms with van der Waals surface area (Å²) >= 11 is 18.6. The molecule has 2 aliphatic heterocycles. The third-order valence-corrected chi connectivity index (χ3v) is 7.62. The summed E-state index contributed by atoms with van der Waals surface area (Å²) in [5, 5.41) is 7.68. The highest BCUT2D eigenvalue weighted by atomic mass is 35.5. The van der Waals surface area contributed by atoms with Crippen LogP contribution in [0.2, 0.25) is 15.1 Å². The molecule has 0 aromatic heterocycles. The second kappa shape index (κ2) is 10.0. The monoisotopic (exact) mass is 545 g/mol. The number of carbonyl (C=O) groups is 1. The van der Waals surface area contributed by atoms with Crippen LogP contribution in [0.4, 0.5) is 5.69 Å². The van der Waals surface area contributed by atoms with E-state index in [4.69, 9.17) is 34.8 Å². The van der Waals surface area contributed by atoms with E-state index < -0.39 is 21.9 Å². The summed E-state index contributed by atoms with van der Waals surface area (Å²) in [5.74, 6) is -1.07. The molecular weight excluding hydrogens is 523 g/mol. The second-order valence-electron chi connectivity index (χ2n) is 8.56. The Morgan fingerprint density at radius 1 is 1.06 bits per heavy atom. The number of benzene rings is 2. The van der Waals surface area contributed by atoms with E-state index in [1.807, 2.05) is 12.1 Å². The fourth-order valence-electron chi connectivity index (χ4n) is 4.46. The highest BCUT2D eigenvalue weighted by Gasteiger charge is 2.40. The van der Waals surface area contributed by atoms with Gasteiger partial charge in [-0.2, -0.15) is 18.9 Å². The predicted molar refractivity (Wildman–Crippen MR) is 134 cm³/mol. The van der Waals surface area contributed by atoms with Crippen LogP contribution < -0.4 is 10.4 Å². The number of amides is 1. The molecule has 2 aliphatic rings. The van der Waals surface area contributed by atoms with E-state index in [-0.39, 0.29) is 22.8 Å². The smallest absolute Gasteiger partial charge is 0.281 e. The highest BCUT2D eigenvalue weighted by molar-refractivity contribution is 7.85. The standard InChI is InChI=1S/C22H23Cl3N4O4S/c23-16-6-4-15(5-7-16)21-13-19(26-28(21)20-9-8-17(24)12-18(20)25)22(30)27-29(14-34(31,32)33)10-2-1-3-11-29/h4-9,12,21H,1-3,10-11,13-14H2,(H-,27,30,31,32,33)/p+1. The Balaban J connectivity index is 1.66. The second-order valence-corrected chi connectivity index (χ2v) is 11.3. The molecule has 1 amide bonds. The molecule has 2 N–H and O–H groups in total. The number of rotatable bonds is 6. The van der Waals surface area contributed by atoms with Gasteiger partial charge in [0.15, 0.2) is 0 Å². The van der Waals surface area contributed by atoms with Gasteiger partial charge in [-0.15, -0.1) is 0 Å². The molecule has 8 nitrogen and oxygen atoms in total. The summed E-state index contributed by atoms with van der Waals surface area (Å²) < 4.78 is 32.6. The van der Waals surface area contributed by atoms with Crippen LogP contribution in [0.3, 0.4) is 0 Å². The van der Waals surface area contributed by atoms with Gasteiger partial charge in [-0.1, -0.05) is 46.9 Å². The highest BCUT2D eigenvalue weighted by Crippen LogP contribution is 2.40. The van der Waals surface area contributed by atoms with Crippen molar-refractivity contribution < 1.29 is 22.4 Å². The lowest BCUT2D eigenvalue weighted by atomic mass is 10.0. The summed E-state index contributed by atoms with van der Waals surface area (Å²) in [6.45, 7) is 0.818. The van der Waals surface area contributed by atoms with Crippen molar-refractivity contribution in [1.29, 1.82) is 0 Å². The molecule has 34 heavy (non-hydrogen) atoms. The average Bonchev–Trinajstić information content (AvgIpc) is 3.19. The van der Waals surface area contributed by atoms with E-state index in [1.54, 1.807) is 35.3 Å². The van der Waals surface area contributed by atoms with Crippen LogP contribution in [0, 0.1) is 0 Å². The first-order chi connectivity index (χ1) is 16.1. The van der Waals surface area contributed by atoms with Crippen molar-refractivity contribution in [2.24, 2.45) is 5.10 Å². The summed E-state index contributed by atoms with van der Waals surface area (Å²) in [5.41, 5.74) is 4.51. The van der Waals surface area contributed by atoms with Crippen molar-refractivity contribution in [3.8, 4) is 0 Å². The number of hydrogen-bond donors (Lipinski definition) is 2. The quantitative estimate of drug-likeness (QED) is 0.399. The number of piperidine rings is 1. The molecule has 2 heterocycles. The molecule has 2 aromatic rings. The Morgan fingerprint density at radius 3 is 2.32 bits per heavy atom. The number of nitrogens with zero attached hydrogens (tertiary/aromatic N) is 3. The first kappa shape index (κ1) is 25.2. The third-order valence-electron chi connectivity index (χ3n) is 6.01. The number of nitrogens with one attached hydrogen (secondary N) is 1. The third kappa shape index (κ3) is 5.84. The molecule has 0 aliphatic carbocycles. The Kier molecular flexibility index (Phi) is 7.42. The van der Waals surface area contributed by atoms with E-state index in [0.29, 0.717) is 33.8 Å². The maximum absolute atomic E-state index is 13.3. The molecular formula is C22H24Cl3N4O4S+. The molecule has 1 atom stereocenters. The number of quaternary nitrogens is 1. The minimum Gasteiger partial charge on any atom is -0.281 e. The lowest BCUT2D eigenvalue weighted by Gasteiger charge is -2.38. The zero-order valence-electron chi connectivity index (χ0n) is 18.1. The molecule has 0 radical (unpaired) electrons. The number of hydrazone groups is 1. The van der Waals surface area contributed by atoms with Crippen LogP contribution in [0.25, 0.3) is 0 Å². The average molecular weight is 547 g/mol. The van der Waals surface area contributed by atoms with E-state index in [1.165, 1.54) is 0 Å². The van der Waals surface area contributed by atoms with Gasteiger partial charge in [-0.25, -0.2) is 4.59 Å². The topological polar surface area (TPSA) is 99.1 Å². The van der Waals surface area contributed by atoms with Crippen molar-refractivity contribution in [1.82, 2.24) is 5.43 Å². The fourth-order valence-corrected chi connectivity index (χ4v) is 6.03. The zero-order valence-corrected chi connectivity index (χ0v) is 21.2. The van der Waals surface area contributed by atoms with Crippen LogP contribution in [-0.2, 0) is 14.9 Å². The lowest BCUT2D eigenvalue weighted by molar-refractivity contribution is -0.954. The zero-order chi connectivity index (χ0) is 24.5. The molecule has 2 aromatic carbocycles. The predicted octanol–water partition coefficient (Wildman–Crippen LogP) is 4.83. The Bertz CT molecular complexity index is 1220. The summed E-state index contributed by atoms with van der Waals surface area (Å²) in [4.78, 5) is 13.3. The van der Waals surface area contributed by atoms with E-state index in [2.05, 4.69) is 10.5 Å². The number of hydrogen-bond acceptors (Lipinski definition) is 5. The number of carbonyl (C=O) groups excluding carboxylic acids is 1. The van der Waals surface area contributed by atoms with Gasteiger partial charge in [-0.3, -0.25) is 14.4 Å². The van der Waals surface area contributed by atoms with Gasteiger partial charge >= 0.3 is 16.0 Å². The minimum atomic E-state index is -4.31. The number of likely N-dealkylation sites (tertiary alicyclic amines) is 1. The first-order valence-electron chi connectivity index (χ1n) is 10.8. The SMILES string of the molecule is O=C(N[N+]1(CS(=O)(=O)O)CCCCC1)C1=NN(c2ccc(Cl)cc2Cl)C(c2ccc(Cl)cc2)C1. The van der Waals surface area contributed by atoms with Crippen LogP contribution in [0.5, 0.6) is 0 Å². The van der Waals surface area contributed by atoms with Crippen molar-refractivity contribution in [3.63, 3.8) is 0 Å². The number of anilines is 1. The molecule has 4 rings (SSSR count). The van der Waals surface area contributed by atoms with E-state index in [0.717, 1.165) is 24.8 Å². The summed E-state index contributed by atoms with van der Waals surface area (Å²) in [6.07, 6.45) is 2.67. The maximum atomic E-state index is 13.3. The molecule has 0 bridgehead atoms. The lowest BCUT2D eigenvalue weighted by Crippen LogP contribution is -2.65. The Labute approximate surface area is 213 Å². The molecule has 1 fully saturated rings. The summed E-state index contributed by atoms with van der Waals surface area (Å²) in [7, 11) is -4.31. The first-order valence-corrected chi connectivity index (χ1v) is 13.5. The fraction of sp³-hybridized carbons (Fsp3) is 0.364. The van der Waals surface area contributed by atoms with Gasteiger partial charge in [0.1, 0.15) is 18.8 Å². The number of halogens is 3. The van der Waals surface area contributed by atoms with Crippen LogP contribution in [0.15, 0.2) is 47.6 Å². The molecule has 12 heteroatoms.